The van der Waals surface area contributed by atoms with E-state index in [-0.39, 0.29) is 11.9 Å². The number of hydrogen-bond donors (Lipinski definition) is 2. The lowest BCUT2D eigenvalue weighted by Gasteiger charge is -2.16. The molecule has 2 aromatic rings. The number of pyridine rings is 1. The summed E-state index contributed by atoms with van der Waals surface area (Å²) in [5.74, 6) is 0.00572. The fraction of sp³-hybridized carbons (Fsp3) is 0.375. The van der Waals surface area contributed by atoms with E-state index in [1.807, 2.05) is 18.2 Å². The maximum atomic E-state index is 12.4. The molecule has 1 aliphatic heterocycles. The fourth-order valence-corrected chi connectivity index (χ4v) is 2.93. The van der Waals surface area contributed by atoms with Crippen molar-refractivity contribution >= 4 is 34.1 Å². The molecule has 0 bridgehead atoms. The van der Waals surface area contributed by atoms with Crippen molar-refractivity contribution in [1.82, 2.24) is 10.3 Å². The van der Waals surface area contributed by atoms with Gasteiger partial charge in [0.25, 0.3) is 0 Å². The molecular formula is C16H18ClN3O. The molecule has 1 saturated heterocycles. The molecule has 1 aromatic heterocycles. The van der Waals surface area contributed by atoms with Gasteiger partial charge < -0.3 is 10.6 Å². The van der Waals surface area contributed by atoms with E-state index in [9.17, 15) is 4.79 Å². The smallest absolute Gasteiger partial charge is 0.241 e. The molecule has 0 aliphatic carbocycles. The first-order valence-corrected chi connectivity index (χ1v) is 7.71. The number of carbonyl (C=O) groups is 1. The molecule has 1 fully saturated rings. The van der Waals surface area contributed by atoms with Crippen molar-refractivity contribution in [2.24, 2.45) is 0 Å². The van der Waals surface area contributed by atoms with Gasteiger partial charge in [-0.3, -0.25) is 9.78 Å². The van der Waals surface area contributed by atoms with Crippen LogP contribution in [0.5, 0.6) is 0 Å². The van der Waals surface area contributed by atoms with Crippen LogP contribution < -0.4 is 10.6 Å². The highest BCUT2D eigenvalue weighted by molar-refractivity contribution is 6.35. The van der Waals surface area contributed by atoms with Gasteiger partial charge in [-0.1, -0.05) is 24.4 Å². The molecule has 2 N–H and O–H groups in total. The quantitative estimate of drug-likeness (QED) is 0.894. The summed E-state index contributed by atoms with van der Waals surface area (Å²) in [4.78, 5) is 16.8. The minimum absolute atomic E-state index is 0.00572. The minimum atomic E-state index is -0.123. The Kier molecular flexibility index (Phi) is 4.36. The Hall–Kier alpha value is -1.65. The number of aromatic nitrogens is 1. The maximum absolute atomic E-state index is 12.4. The molecule has 0 radical (unpaired) electrons. The monoisotopic (exact) mass is 303 g/mol. The topological polar surface area (TPSA) is 54.0 Å². The number of halogens is 1. The van der Waals surface area contributed by atoms with Gasteiger partial charge in [0.15, 0.2) is 0 Å². The first-order valence-electron chi connectivity index (χ1n) is 7.33. The highest BCUT2D eigenvalue weighted by atomic mass is 35.5. The van der Waals surface area contributed by atoms with Crippen molar-refractivity contribution < 1.29 is 4.79 Å². The third kappa shape index (κ3) is 3.17. The van der Waals surface area contributed by atoms with Crippen molar-refractivity contribution in [3.8, 4) is 0 Å². The van der Waals surface area contributed by atoms with Crippen LogP contribution in [0.25, 0.3) is 10.9 Å². The van der Waals surface area contributed by atoms with Crippen LogP contribution in [0.2, 0.25) is 5.02 Å². The molecule has 21 heavy (non-hydrogen) atoms. The van der Waals surface area contributed by atoms with Crippen LogP contribution in [-0.2, 0) is 4.79 Å². The predicted molar refractivity (Wildman–Crippen MR) is 85.6 cm³/mol. The van der Waals surface area contributed by atoms with Crippen molar-refractivity contribution in [3.63, 3.8) is 0 Å². The van der Waals surface area contributed by atoms with E-state index in [2.05, 4.69) is 15.6 Å². The molecule has 110 valence electrons. The number of amides is 1. The molecule has 4 nitrogen and oxygen atoms in total. The average molecular weight is 304 g/mol. The van der Waals surface area contributed by atoms with Crippen molar-refractivity contribution in [2.75, 3.05) is 11.9 Å². The number of nitrogens with one attached hydrogen (secondary N) is 2. The van der Waals surface area contributed by atoms with Crippen LogP contribution in [0.15, 0.2) is 30.5 Å². The second-order valence-corrected chi connectivity index (χ2v) is 5.75. The zero-order valence-electron chi connectivity index (χ0n) is 11.7. The summed E-state index contributed by atoms with van der Waals surface area (Å²) in [6.07, 6.45) is 5.99. The summed E-state index contributed by atoms with van der Waals surface area (Å²) < 4.78 is 0. The number of carbonyl (C=O) groups excluding carboxylic acids is 1. The highest BCUT2D eigenvalue weighted by Crippen LogP contribution is 2.28. The normalized spacial score (nSPS) is 19.2. The standard InChI is InChI=1S/C16H18ClN3O/c17-12-7-8-13(15-11(12)5-4-10-19-15)20-16(21)14-6-2-1-3-9-18-14/h4-5,7-8,10,14,18H,1-3,6,9H2,(H,20,21). The van der Waals surface area contributed by atoms with E-state index in [0.717, 1.165) is 36.7 Å². The van der Waals surface area contributed by atoms with Crippen LogP contribution in [0, 0.1) is 0 Å². The Morgan fingerprint density at radius 2 is 2.19 bits per heavy atom. The van der Waals surface area contributed by atoms with Gasteiger partial charge >= 0.3 is 0 Å². The molecule has 5 heteroatoms. The van der Waals surface area contributed by atoms with Gasteiger partial charge in [-0.05, 0) is 43.7 Å². The zero-order valence-corrected chi connectivity index (χ0v) is 12.5. The fourth-order valence-electron chi connectivity index (χ4n) is 2.71. The van der Waals surface area contributed by atoms with Crippen LogP contribution in [-0.4, -0.2) is 23.5 Å². The Labute approximate surface area is 128 Å². The summed E-state index contributed by atoms with van der Waals surface area (Å²) in [7, 11) is 0. The number of benzene rings is 1. The second kappa shape index (κ2) is 6.41. The number of nitrogens with zero attached hydrogens (tertiary/aromatic N) is 1. The van der Waals surface area contributed by atoms with Crippen LogP contribution in [0.4, 0.5) is 5.69 Å². The second-order valence-electron chi connectivity index (χ2n) is 5.34. The molecular weight excluding hydrogens is 286 g/mol. The zero-order chi connectivity index (χ0) is 14.7. The van der Waals surface area contributed by atoms with E-state index < -0.39 is 0 Å². The van der Waals surface area contributed by atoms with E-state index in [1.165, 1.54) is 6.42 Å². The molecule has 0 saturated carbocycles. The van der Waals surface area contributed by atoms with Gasteiger partial charge in [0.05, 0.1) is 22.3 Å². The average Bonchev–Trinajstić information content (AvgIpc) is 2.79. The third-order valence-corrected chi connectivity index (χ3v) is 4.18. The van der Waals surface area contributed by atoms with E-state index in [1.54, 1.807) is 12.3 Å². The van der Waals surface area contributed by atoms with Crippen molar-refractivity contribution in [3.05, 3.63) is 35.5 Å². The Bertz CT molecular complexity index is 651. The minimum Gasteiger partial charge on any atom is -0.323 e. The van der Waals surface area contributed by atoms with Crippen molar-refractivity contribution in [1.29, 1.82) is 0 Å². The van der Waals surface area contributed by atoms with Crippen LogP contribution in [0.1, 0.15) is 25.7 Å². The Morgan fingerprint density at radius 3 is 3.10 bits per heavy atom. The first kappa shape index (κ1) is 14.3. The molecule has 2 heterocycles. The molecule has 1 unspecified atom stereocenters. The lowest BCUT2D eigenvalue weighted by atomic mass is 10.1. The molecule has 0 spiro atoms. The van der Waals surface area contributed by atoms with Gasteiger partial charge in [-0.15, -0.1) is 0 Å². The maximum Gasteiger partial charge on any atom is 0.241 e. The van der Waals surface area contributed by atoms with E-state index in [0.29, 0.717) is 10.7 Å². The highest BCUT2D eigenvalue weighted by Gasteiger charge is 2.20. The number of hydrogen-bond acceptors (Lipinski definition) is 3. The van der Waals surface area contributed by atoms with Gasteiger partial charge in [0.2, 0.25) is 5.91 Å². The molecule has 1 aliphatic rings. The van der Waals surface area contributed by atoms with Gasteiger partial charge in [0, 0.05) is 11.6 Å². The Balaban J connectivity index is 1.84. The lowest BCUT2D eigenvalue weighted by molar-refractivity contribution is -0.118. The van der Waals surface area contributed by atoms with Crippen LogP contribution >= 0.6 is 11.6 Å². The van der Waals surface area contributed by atoms with E-state index in [4.69, 9.17) is 11.6 Å². The van der Waals surface area contributed by atoms with E-state index >= 15 is 0 Å². The van der Waals surface area contributed by atoms with Gasteiger partial charge in [-0.2, -0.15) is 0 Å². The molecule has 1 atom stereocenters. The third-order valence-electron chi connectivity index (χ3n) is 3.85. The summed E-state index contributed by atoms with van der Waals surface area (Å²) in [6.45, 7) is 0.900. The van der Waals surface area contributed by atoms with Gasteiger partial charge in [-0.25, -0.2) is 0 Å². The summed E-state index contributed by atoms with van der Waals surface area (Å²) in [6, 6.07) is 7.23. The molecule has 1 amide bonds. The number of anilines is 1. The molecule has 1 aromatic carbocycles. The summed E-state index contributed by atoms with van der Waals surface area (Å²) >= 11 is 6.17. The van der Waals surface area contributed by atoms with Crippen molar-refractivity contribution in [2.45, 2.75) is 31.7 Å². The molecule has 3 rings (SSSR count). The summed E-state index contributed by atoms with van der Waals surface area (Å²) in [5.41, 5.74) is 1.44. The van der Waals surface area contributed by atoms with Gasteiger partial charge in [0.1, 0.15) is 0 Å². The number of rotatable bonds is 2. The Morgan fingerprint density at radius 1 is 1.29 bits per heavy atom. The predicted octanol–water partition coefficient (Wildman–Crippen LogP) is 3.36. The van der Waals surface area contributed by atoms with Crippen LogP contribution in [0.3, 0.4) is 0 Å². The lowest BCUT2D eigenvalue weighted by Crippen LogP contribution is -2.39. The SMILES string of the molecule is O=C(Nc1ccc(Cl)c2cccnc12)C1CCCCCN1. The number of fused-ring (bicyclic) bond motifs is 1. The largest absolute Gasteiger partial charge is 0.323 e. The summed E-state index contributed by atoms with van der Waals surface area (Å²) in [5, 5.41) is 7.78. The first-order chi connectivity index (χ1) is 10.3.